The quantitative estimate of drug-likeness (QED) is 0.615. The Kier molecular flexibility index (Phi) is 6.40. The number of para-hydroxylation sites is 1. The lowest BCUT2D eigenvalue weighted by atomic mass is 10.2. The van der Waals surface area contributed by atoms with Crippen LogP contribution >= 0.6 is 11.8 Å². The predicted molar refractivity (Wildman–Crippen MR) is 109 cm³/mol. The van der Waals surface area contributed by atoms with Crippen molar-refractivity contribution in [3.05, 3.63) is 54.4 Å². The Morgan fingerprint density at radius 3 is 2.71 bits per heavy atom. The zero-order valence-electron chi connectivity index (χ0n) is 15.7. The van der Waals surface area contributed by atoms with Gasteiger partial charge < -0.3 is 9.88 Å². The third-order valence-corrected chi connectivity index (χ3v) is 5.14. The van der Waals surface area contributed by atoms with Crippen molar-refractivity contribution < 1.29 is 4.79 Å². The molecule has 142 valence electrons. The molecule has 7 nitrogen and oxygen atoms in total. The summed E-state index contributed by atoms with van der Waals surface area (Å²) in [6.45, 7) is 4.64. The summed E-state index contributed by atoms with van der Waals surface area (Å²) in [7, 11) is 0. The largest absolute Gasteiger partial charge is 0.324 e. The monoisotopic (exact) mass is 392 g/mol. The number of hydrogen-bond acceptors (Lipinski definition) is 6. The third-order valence-electron chi connectivity index (χ3n) is 4.06. The fraction of sp³-hybridized carbons (Fsp3) is 0.250. The fourth-order valence-corrected chi connectivity index (χ4v) is 3.53. The van der Waals surface area contributed by atoms with Crippen molar-refractivity contribution in [1.29, 1.82) is 5.26 Å². The molecule has 0 saturated carbocycles. The van der Waals surface area contributed by atoms with E-state index in [1.165, 1.54) is 11.8 Å². The van der Waals surface area contributed by atoms with Crippen molar-refractivity contribution >= 4 is 23.4 Å². The minimum absolute atomic E-state index is 0.191. The Labute approximate surface area is 167 Å². The van der Waals surface area contributed by atoms with Crippen LogP contribution in [0.25, 0.3) is 11.4 Å². The molecule has 1 aromatic carbocycles. The van der Waals surface area contributed by atoms with Crippen LogP contribution in [0.3, 0.4) is 0 Å². The number of pyridine rings is 1. The summed E-state index contributed by atoms with van der Waals surface area (Å²) in [5.41, 5.74) is 1.87. The van der Waals surface area contributed by atoms with Crippen molar-refractivity contribution in [1.82, 2.24) is 19.7 Å². The van der Waals surface area contributed by atoms with E-state index < -0.39 is 5.25 Å². The van der Waals surface area contributed by atoms with Gasteiger partial charge in [-0.2, -0.15) is 5.26 Å². The van der Waals surface area contributed by atoms with Crippen LogP contribution < -0.4 is 5.32 Å². The van der Waals surface area contributed by atoms with Gasteiger partial charge in [0.15, 0.2) is 11.0 Å². The van der Waals surface area contributed by atoms with Crippen LogP contribution in [0.15, 0.2) is 53.9 Å². The van der Waals surface area contributed by atoms with Gasteiger partial charge in [-0.15, -0.1) is 10.2 Å². The Balaban J connectivity index is 1.78. The summed E-state index contributed by atoms with van der Waals surface area (Å²) in [6.07, 6.45) is 4.35. The number of carbonyl (C=O) groups is 1. The summed E-state index contributed by atoms with van der Waals surface area (Å²) in [5.74, 6) is 0.568. The molecule has 0 aliphatic heterocycles. The maximum atomic E-state index is 12.6. The number of nitriles is 1. The van der Waals surface area contributed by atoms with E-state index in [0.717, 1.165) is 24.4 Å². The van der Waals surface area contributed by atoms with Gasteiger partial charge in [-0.3, -0.25) is 9.78 Å². The highest BCUT2D eigenvalue weighted by molar-refractivity contribution is 8.00. The van der Waals surface area contributed by atoms with Crippen LogP contribution in [0, 0.1) is 11.3 Å². The number of thioether (sulfide) groups is 1. The summed E-state index contributed by atoms with van der Waals surface area (Å²) in [6, 6.07) is 12.8. The molecule has 1 atom stereocenters. The maximum Gasteiger partial charge on any atom is 0.237 e. The molecule has 0 saturated heterocycles. The summed E-state index contributed by atoms with van der Waals surface area (Å²) >= 11 is 1.35. The SMILES string of the molecule is CCCn1c(SC(C)C(=O)Nc2ccccc2C#N)nnc1-c1ccncc1. The molecule has 1 N–H and O–H groups in total. The minimum atomic E-state index is -0.406. The number of aromatic nitrogens is 4. The van der Waals surface area contributed by atoms with Crippen molar-refractivity contribution in [2.75, 3.05) is 5.32 Å². The first kappa shape index (κ1) is 19.6. The van der Waals surface area contributed by atoms with Gasteiger partial charge in [0.2, 0.25) is 5.91 Å². The Bertz CT molecular complexity index is 995. The second-order valence-corrected chi connectivity index (χ2v) is 7.41. The molecule has 0 radical (unpaired) electrons. The standard InChI is InChI=1S/C20H20N6OS/c1-3-12-26-18(15-8-10-22-11-9-15)24-25-20(26)28-14(2)19(27)23-17-7-5-4-6-16(17)13-21/h4-11,14H,3,12H2,1-2H3,(H,23,27). The van der Waals surface area contributed by atoms with Gasteiger partial charge in [-0.1, -0.05) is 30.8 Å². The minimum Gasteiger partial charge on any atom is -0.324 e. The molecule has 0 aliphatic carbocycles. The molecule has 3 aromatic rings. The first-order valence-corrected chi connectivity index (χ1v) is 9.82. The average molecular weight is 392 g/mol. The van der Waals surface area contributed by atoms with Crippen molar-refractivity contribution in [2.24, 2.45) is 0 Å². The molecule has 1 amide bonds. The summed E-state index contributed by atoms with van der Waals surface area (Å²) < 4.78 is 2.02. The first-order chi connectivity index (χ1) is 13.6. The molecule has 3 rings (SSSR count). The van der Waals surface area contributed by atoms with E-state index in [-0.39, 0.29) is 5.91 Å². The van der Waals surface area contributed by atoms with E-state index in [4.69, 9.17) is 0 Å². The lowest BCUT2D eigenvalue weighted by Crippen LogP contribution is -2.23. The fourth-order valence-electron chi connectivity index (χ4n) is 2.65. The molecule has 1 unspecified atom stereocenters. The van der Waals surface area contributed by atoms with Crippen molar-refractivity contribution in [3.8, 4) is 17.5 Å². The molecule has 0 fully saturated rings. The lowest BCUT2D eigenvalue weighted by Gasteiger charge is -2.14. The van der Waals surface area contributed by atoms with E-state index in [1.807, 2.05) is 23.6 Å². The topological polar surface area (TPSA) is 96.5 Å². The van der Waals surface area contributed by atoms with Crippen LogP contribution in [0.5, 0.6) is 0 Å². The van der Waals surface area contributed by atoms with Crippen LogP contribution in [0.2, 0.25) is 0 Å². The highest BCUT2D eigenvalue weighted by atomic mass is 32.2. The van der Waals surface area contributed by atoms with Gasteiger partial charge in [0.25, 0.3) is 0 Å². The van der Waals surface area contributed by atoms with Gasteiger partial charge in [0.1, 0.15) is 6.07 Å². The van der Waals surface area contributed by atoms with Crippen LogP contribution in [0.1, 0.15) is 25.8 Å². The van der Waals surface area contributed by atoms with E-state index in [0.29, 0.717) is 16.4 Å². The number of hydrogen-bond donors (Lipinski definition) is 1. The summed E-state index contributed by atoms with van der Waals surface area (Å²) in [5, 5.41) is 20.9. The van der Waals surface area contributed by atoms with Crippen molar-refractivity contribution in [3.63, 3.8) is 0 Å². The molecule has 2 aromatic heterocycles. The van der Waals surface area contributed by atoms with Crippen LogP contribution in [0.4, 0.5) is 5.69 Å². The van der Waals surface area contributed by atoms with E-state index >= 15 is 0 Å². The third kappa shape index (κ3) is 4.38. The van der Waals surface area contributed by atoms with Gasteiger partial charge in [-0.25, -0.2) is 0 Å². The maximum absolute atomic E-state index is 12.6. The zero-order valence-corrected chi connectivity index (χ0v) is 16.5. The molecular formula is C20H20N6OS. The van der Waals surface area contributed by atoms with Crippen LogP contribution in [-0.2, 0) is 11.3 Å². The molecule has 28 heavy (non-hydrogen) atoms. The van der Waals surface area contributed by atoms with E-state index in [2.05, 4.69) is 33.5 Å². The van der Waals surface area contributed by atoms with Gasteiger partial charge in [0.05, 0.1) is 16.5 Å². The predicted octanol–water partition coefficient (Wildman–Crippen LogP) is 3.74. The van der Waals surface area contributed by atoms with Crippen LogP contribution in [-0.4, -0.2) is 30.9 Å². The van der Waals surface area contributed by atoms with Gasteiger partial charge in [-0.05, 0) is 37.6 Å². The zero-order chi connectivity index (χ0) is 19.9. The Hall–Kier alpha value is -3.18. The van der Waals surface area contributed by atoms with Gasteiger partial charge >= 0.3 is 0 Å². The number of rotatable bonds is 7. The second-order valence-electron chi connectivity index (χ2n) is 6.10. The molecule has 0 bridgehead atoms. The number of amides is 1. The summed E-state index contributed by atoms with van der Waals surface area (Å²) in [4.78, 5) is 16.7. The smallest absolute Gasteiger partial charge is 0.237 e. The van der Waals surface area contributed by atoms with E-state index in [9.17, 15) is 10.1 Å². The molecule has 0 spiro atoms. The molecule has 0 aliphatic rings. The second kappa shape index (κ2) is 9.15. The Morgan fingerprint density at radius 2 is 2.00 bits per heavy atom. The number of benzene rings is 1. The highest BCUT2D eigenvalue weighted by Gasteiger charge is 2.21. The molecule has 8 heteroatoms. The van der Waals surface area contributed by atoms with Crippen molar-refractivity contribution in [2.45, 2.75) is 37.2 Å². The average Bonchev–Trinajstić information content (AvgIpc) is 3.11. The number of carbonyl (C=O) groups excluding carboxylic acids is 1. The normalized spacial score (nSPS) is 11.6. The lowest BCUT2D eigenvalue weighted by molar-refractivity contribution is -0.115. The first-order valence-electron chi connectivity index (χ1n) is 8.94. The number of nitrogens with zero attached hydrogens (tertiary/aromatic N) is 5. The Morgan fingerprint density at radius 1 is 1.25 bits per heavy atom. The molecular weight excluding hydrogens is 372 g/mol. The highest BCUT2D eigenvalue weighted by Crippen LogP contribution is 2.27. The molecule has 2 heterocycles. The van der Waals surface area contributed by atoms with Gasteiger partial charge in [0, 0.05) is 24.5 Å². The van der Waals surface area contributed by atoms with E-state index in [1.54, 1.807) is 36.7 Å². The number of anilines is 1. The number of nitrogens with one attached hydrogen (secondary N) is 1.